The van der Waals surface area contributed by atoms with Crippen molar-refractivity contribution >= 4 is 5.69 Å². The van der Waals surface area contributed by atoms with Crippen molar-refractivity contribution in [2.75, 3.05) is 11.9 Å². The zero-order valence-electron chi connectivity index (χ0n) is 11.9. The van der Waals surface area contributed by atoms with Crippen LogP contribution in [-0.4, -0.2) is 17.3 Å². The topological polar surface area (TPSA) is 32.3 Å². The Balaban J connectivity index is 1.86. The van der Waals surface area contributed by atoms with Gasteiger partial charge in [0.05, 0.1) is 12.1 Å². The minimum atomic E-state index is -0.234. The monoisotopic (exact) mass is 267 g/mol. The van der Waals surface area contributed by atoms with E-state index in [1.54, 1.807) is 0 Å². The maximum Gasteiger partial charge on any atom is 0.0664 e. The van der Waals surface area contributed by atoms with Gasteiger partial charge >= 0.3 is 0 Å². The summed E-state index contributed by atoms with van der Waals surface area (Å²) in [6.07, 6.45) is 2.87. The smallest absolute Gasteiger partial charge is 0.0664 e. The molecule has 1 atom stereocenters. The largest absolute Gasteiger partial charge is 0.394 e. The highest BCUT2D eigenvalue weighted by atomic mass is 16.3. The Labute approximate surface area is 120 Å². The maximum atomic E-state index is 9.94. The molecule has 2 aromatic carbocycles. The van der Waals surface area contributed by atoms with Gasteiger partial charge in [0.1, 0.15) is 0 Å². The predicted octanol–water partition coefficient (Wildman–Crippen LogP) is 3.33. The summed E-state index contributed by atoms with van der Waals surface area (Å²) >= 11 is 0. The number of aryl methyl sites for hydroxylation is 2. The highest BCUT2D eigenvalue weighted by Gasteiger charge is 2.33. The molecule has 0 saturated carbocycles. The SMILES string of the molecule is Cc1cccc(NC2(CO)CCc3ccccc3C2)c1. The Morgan fingerprint density at radius 2 is 1.90 bits per heavy atom. The van der Waals surface area contributed by atoms with Gasteiger partial charge in [-0.15, -0.1) is 0 Å². The van der Waals surface area contributed by atoms with Crippen molar-refractivity contribution in [3.05, 3.63) is 65.2 Å². The Kier molecular flexibility index (Phi) is 3.49. The van der Waals surface area contributed by atoms with Crippen molar-refractivity contribution in [1.82, 2.24) is 0 Å². The summed E-state index contributed by atoms with van der Waals surface area (Å²) in [6.45, 7) is 2.25. The summed E-state index contributed by atoms with van der Waals surface area (Å²) in [4.78, 5) is 0. The van der Waals surface area contributed by atoms with E-state index in [4.69, 9.17) is 0 Å². The lowest BCUT2D eigenvalue weighted by molar-refractivity contribution is 0.196. The standard InChI is InChI=1S/C18H21NO/c1-14-5-4-8-17(11-14)19-18(13-20)10-9-15-6-2-3-7-16(15)12-18/h2-8,11,19-20H,9-10,12-13H2,1H3. The van der Waals surface area contributed by atoms with Crippen LogP contribution in [0.2, 0.25) is 0 Å². The first-order valence-corrected chi connectivity index (χ1v) is 7.23. The molecule has 1 aliphatic rings. The molecule has 20 heavy (non-hydrogen) atoms. The van der Waals surface area contributed by atoms with Crippen LogP contribution in [0.4, 0.5) is 5.69 Å². The zero-order chi connectivity index (χ0) is 14.0. The van der Waals surface area contributed by atoms with Gasteiger partial charge in [-0.05, 0) is 55.0 Å². The molecular weight excluding hydrogens is 246 g/mol. The molecule has 0 bridgehead atoms. The molecule has 2 aromatic rings. The molecule has 0 aromatic heterocycles. The summed E-state index contributed by atoms with van der Waals surface area (Å²) < 4.78 is 0. The van der Waals surface area contributed by atoms with Crippen molar-refractivity contribution in [2.45, 2.75) is 31.7 Å². The van der Waals surface area contributed by atoms with E-state index in [0.717, 1.165) is 24.9 Å². The molecule has 3 rings (SSSR count). The van der Waals surface area contributed by atoms with Crippen molar-refractivity contribution in [2.24, 2.45) is 0 Å². The molecule has 1 unspecified atom stereocenters. The molecule has 2 nitrogen and oxygen atoms in total. The van der Waals surface area contributed by atoms with Gasteiger partial charge in [-0.2, -0.15) is 0 Å². The molecular formula is C18H21NO. The lowest BCUT2D eigenvalue weighted by Crippen LogP contribution is -2.47. The van der Waals surface area contributed by atoms with Crippen LogP contribution in [0.5, 0.6) is 0 Å². The van der Waals surface area contributed by atoms with Crippen LogP contribution >= 0.6 is 0 Å². The summed E-state index contributed by atoms with van der Waals surface area (Å²) in [5.41, 5.74) is 4.87. The summed E-state index contributed by atoms with van der Waals surface area (Å²) in [5, 5.41) is 13.5. The zero-order valence-corrected chi connectivity index (χ0v) is 11.9. The van der Waals surface area contributed by atoms with Crippen molar-refractivity contribution in [1.29, 1.82) is 0 Å². The fraction of sp³-hybridized carbons (Fsp3) is 0.333. The minimum Gasteiger partial charge on any atom is -0.394 e. The minimum absolute atomic E-state index is 0.162. The van der Waals surface area contributed by atoms with Gasteiger partial charge in [0.15, 0.2) is 0 Å². The van der Waals surface area contributed by atoms with Crippen LogP contribution in [0, 0.1) is 6.92 Å². The normalized spacial score (nSPS) is 21.3. The number of aliphatic hydroxyl groups is 1. The molecule has 0 saturated heterocycles. The van der Waals surface area contributed by atoms with Gasteiger partial charge in [-0.25, -0.2) is 0 Å². The van der Waals surface area contributed by atoms with Crippen molar-refractivity contribution < 1.29 is 5.11 Å². The number of fused-ring (bicyclic) bond motifs is 1. The Hall–Kier alpha value is -1.80. The lowest BCUT2D eigenvalue weighted by atomic mass is 9.78. The molecule has 104 valence electrons. The van der Waals surface area contributed by atoms with Gasteiger partial charge in [-0.1, -0.05) is 36.4 Å². The molecule has 2 heteroatoms. The van der Waals surface area contributed by atoms with E-state index in [1.165, 1.54) is 16.7 Å². The average Bonchev–Trinajstić information content (AvgIpc) is 2.47. The maximum absolute atomic E-state index is 9.94. The van der Waals surface area contributed by atoms with E-state index < -0.39 is 0 Å². The number of benzene rings is 2. The van der Waals surface area contributed by atoms with Crippen LogP contribution in [0.1, 0.15) is 23.1 Å². The van der Waals surface area contributed by atoms with E-state index in [2.05, 4.69) is 60.8 Å². The second-order valence-corrected chi connectivity index (χ2v) is 5.88. The molecule has 0 amide bonds. The Morgan fingerprint density at radius 3 is 2.65 bits per heavy atom. The third-order valence-electron chi connectivity index (χ3n) is 4.25. The summed E-state index contributed by atoms with van der Waals surface area (Å²) in [7, 11) is 0. The third kappa shape index (κ3) is 2.56. The lowest BCUT2D eigenvalue weighted by Gasteiger charge is -2.38. The first kappa shape index (κ1) is 13.2. The Bertz CT molecular complexity index is 608. The molecule has 0 heterocycles. The average molecular weight is 267 g/mol. The molecule has 0 fully saturated rings. The van der Waals surface area contributed by atoms with E-state index >= 15 is 0 Å². The van der Waals surface area contributed by atoms with Crippen LogP contribution in [0.15, 0.2) is 48.5 Å². The number of nitrogens with one attached hydrogen (secondary N) is 1. The Morgan fingerprint density at radius 1 is 1.10 bits per heavy atom. The quantitative estimate of drug-likeness (QED) is 0.894. The summed E-state index contributed by atoms with van der Waals surface area (Å²) in [6, 6.07) is 16.9. The fourth-order valence-electron chi connectivity index (χ4n) is 3.11. The van der Waals surface area contributed by atoms with E-state index in [-0.39, 0.29) is 12.1 Å². The number of hydrogen-bond acceptors (Lipinski definition) is 2. The fourth-order valence-corrected chi connectivity index (χ4v) is 3.11. The predicted molar refractivity (Wildman–Crippen MR) is 83.1 cm³/mol. The van der Waals surface area contributed by atoms with E-state index in [0.29, 0.717) is 0 Å². The van der Waals surface area contributed by atoms with E-state index in [9.17, 15) is 5.11 Å². The van der Waals surface area contributed by atoms with Crippen molar-refractivity contribution in [3.63, 3.8) is 0 Å². The van der Waals surface area contributed by atoms with Gasteiger partial charge in [0.2, 0.25) is 0 Å². The number of rotatable bonds is 3. The molecule has 0 radical (unpaired) electrons. The first-order chi connectivity index (χ1) is 9.71. The van der Waals surface area contributed by atoms with Crippen LogP contribution in [0.3, 0.4) is 0 Å². The number of anilines is 1. The first-order valence-electron chi connectivity index (χ1n) is 7.23. The number of hydrogen-bond donors (Lipinski definition) is 2. The van der Waals surface area contributed by atoms with Crippen LogP contribution in [-0.2, 0) is 12.8 Å². The second kappa shape index (κ2) is 5.29. The van der Waals surface area contributed by atoms with E-state index in [1.807, 2.05) is 0 Å². The second-order valence-electron chi connectivity index (χ2n) is 5.88. The van der Waals surface area contributed by atoms with Crippen LogP contribution in [0.25, 0.3) is 0 Å². The van der Waals surface area contributed by atoms with Gasteiger partial charge < -0.3 is 10.4 Å². The van der Waals surface area contributed by atoms with Gasteiger partial charge in [-0.3, -0.25) is 0 Å². The highest BCUT2D eigenvalue weighted by Crippen LogP contribution is 2.31. The highest BCUT2D eigenvalue weighted by molar-refractivity contribution is 5.49. The number of aliphatic hydroxyl groups excluding tert-OH is 1. The summed E-state index contributed by atoms with van der Waals surface area (Å²) in [5.74, 6) is 0. The van der Waals surface area contributed by atoms with Crippen LogP contribution < -0.4 is 5.32 Å². The molecule has 2 N–H and O–H groups in total. The van der Waals surface area contributed by atoms with Gasteiger partial charge in [0.25, 0.3) is 0 Å². The van der Waals surface area contributed by atoms with Crippen molar-refractivity contribution in [3.8, 4) is 0 Å². The molecule has 0 spiro atoms. The third-order valence-corrected chi connectivity index (χ3v) is 4.25. The molecule has 1 aliphatic carbocycles. The van der Waals surface area contributed by atoms with Gasteiger partial charge in [0, 0.05) is 5.69 Å². The molecule has 0 aliphatic heterocycles.